The molecule has 2 aromatic rings. The molecule has 0 atom stereocenters. The van der Waals surface area contributed by atoms with Crippen LogP contribution in [0.25, 0.3) is 10.9 Å². The Morgan fingerprint density at radius 3 is 2.81 bits per heavy atom. The van der Waals surface area contributed by atoms with Gasteiger partial charge in [0.2, 0.25) is 5.91 Å². The molecule has 0 aliphatic heterocycles. The van der Waals surface area contributed by atoms with E-state index in [4.69, 9.17) is 0 Å². The van der Waals surface area contributed by atoms with E-state index in [9.17, 15) is 9.59 Å². The second kappa shape index (κ2) is 5.97. The largest absolute Gasteiger partial charge is 0.350 e. The molecule has 112 valence electrons. The van der Waals surface area contributed by atoms with Gasteiger partial charge >= 0.3 is 0 Å². The maximum absolute atomic E-state index is 12.4. The third-order valence-corrected chi connectivity index (χ3v) is 3.95. The Morgan fingerprint density at radius 1 is 1.43 bits per heavy atom. The number of aromatic nitrogens is 2. The first-order valence-electron chi connectivity index (χ1n) is 6.78. The molecule has 0 unspecified atom stereocenters. The number of fused-ring (bicyclic) bond motifs is 1. The fraction of sp³-hybridized carbons (Fsp3) is 0.400. The zero-order chi connectivity index (χ0) is 15.6. The van der Waals surface area contributed by atoms with Gasteiger partial charge in [-0.2, -0.15) is 0 Å². The molecule has 1 heterocycles. The molecule has 0 bridgehead atoms. The number of benzene rings is 1. The quantitative estimate of drug-likeness (QED) is 0.920. The van der Waals surface area contributed by atoms with Gasteiger partial charge in [-0.25, -0.2) is 4.98 Å². The van der Waals surface area contributed by atoms with Crippen LogP contribution in [0.5, 0.6) is 0 Å². The van der Waals surface area contributed by atoms with E-state index in [1.54, 1.807) is 12.1 Å². The van der Waals surface area contributed by atoms with Crippen LogP contribution in [0.15, 0.2) is 33.8 Å². The summed E-state index contributed by atoms with van der Waals surface area (Å²) in [7, 11) is 0. The smallest absolute Gasteiger partial charge is 0.261 e. The van der Waals surface area contributed by atoms with E-state index < -0.39 is 0 Å². The first-order chi connectivity index (χ1) is 9.82. The SMILES string of the molecule is CCC(C)(C)NC(=O)Cn1cnc2ccc(Br)cc2c1=O. The third kappa shape index (κ3) is 3.69. The number of hydrogen-bond donors (Lipinski definition) is 1. The summed E-state index contributed by atoms with van der Waals surface area (Å²) in [6.45, 7) is 5.87. The Balaban J connectivity index is 2.29. The van der Waals surface area contributed by atoms with E-state index in [1.807, 2.05) is 26.8 Å². The molecule has 6 heteroatoms. The van der Waals surface area contributed by atoms with Crippen molar-refractivity contribution in [3.8, 4) is 0 Å². The zero-order valence-electron chi connectivity index (χ0n) is 12.3. The number of amides is 1. The molecule has 0 aliphatic rings. The van der Waals surface area contributed by atoms with Gasteiger partial charge < -0.3 is 5.32 Å². The van der Waals surface area contributed by atoms with Crippen LogP contribution in [0.2, 0.25) is 0 Å². The van der Waals surface area contributed by atoms with E-state index in [0.717, 1.165) is 10.9 Å². The molecule has 1 aromatic carbocycles. The van der Waals surface area contributed by atoms with Crippen LogP contribution in [-0.4, -0.2) is 21.0 Å². The van der Waals surface area contributed by atoms with Gasteiger partial charge in [0.25, 0.3) is 5.56 Å². The summed E-state index contributed by atoms with van der Waals surface area (Å²) in [5, 5.41) is 3.40. The van der Waals surface area contributed by atoms with Crippen molar-refractivity contribution >= 4 is 32.7 Å². The van der Waals surface area contributed by atoms with Crippen LogP contribution < -0.4 is 10.9 Å². The van der Waals surface area contributed by atoms with E-state index >= 15 is 0 Å². The number of carbonyl (C=O) groups excluding carboxylic acids is 1. The number of nitrogens with zero attached hydrogens (tertiary/aromatic N) is 2. The summed E-state index contributed by atoms with van der Waals surface area (Å²) >= 11 is 3.34. The third-order valence-electron chi connectivity index (χ3n) is 3.46. The van der Waals surface area contributed by atoms with Gasteiger partial charge in [0, 0.05) is 10.0 Å². The van der Waals surface area contributed by atoms with Gasteiger partial charge in [-0.3, -0.25) is 14.2 Å². The van der Waals surface area contributed by atoms with Crippen LogP contribution in [0.3, 0.4) is 0 Å². The van der Waals surface area contributed by atoms with Crippen LogP contribution in [0.1, 0.15) is 27.2 Å². The molecule has 0 spiro atoms. The lowest BCUT2D eigenvalue weighted by atomic mass is 10.0. The first-order valence-corrected chi connectivity index (χ1v) is 7.57. The molecule has 0 saturated carbocycles. The van der Waals surface area contributed by atoms with E-state index in [2.05, 4.69) is 26.2 Å². The van der Waals surface area contributed by atoms with E-state index in [1.165, 1.54) is 10.9 Å². The van der Waals surface area contributed by atoms with E-state index in [0.29, 0.717) is 10.9 Å². The van der Waals surface area contributed by atoms with Crippen LogP contribution in [0.4, 0.5) is 0 Å². The van der Waals surface area contributed by atoms with E-state index in [-0.39, 0.29) is 23.6 Å². The highest BCUT2D eigenvalue weighted by atomic mass is 79.9. The Labute approximate surface area is 131 Å². The standard InChI is InChI=1S/C15H18BrN3O2/c1-4-15(2,3)18-13(20)8-19-9-17-12-6-5-10(16)7-11(12)14(19)21/h5-7,9H,4,8H2,1-3H3,(H,18,20). The van der Waals surface area contributed by atoms with Gasteiger partial charge in [0.1, 0.15) is 6.54 Å². The normalized spacial score (nSPS) is 11.6. The molecule has 1 amide bonds. The predicted octanol–water partition coefficient (Wildman–Crippen LogP) is 2.46. The summed E-state index contributed by atoms with van der Waals surface area (Å²) in [4.78, 5) is 28.6. The van der Waals surface area contributed by atoms with Crippen molar-refractivity contribution < 1.29 is 4.79 Å². The molecule has 5 nitrogen and oxygen atoms in total. The van der Waals surface area contributed by atoms with Crippen molar-refractivity contribution in [3.05, 3.63) is 39.4 Å². The lowest BCUT2D eigenvalue weighted by Gasteiger charge is -2.24. The molecule has 2 rings (SSSR count). The molecule has 0 radical (unpaired) electrons. The summed E-state index contributed by atoms with van der Waals surface area (Å²) in [5.41, 5.74) is 0.119. The second-order valence-electron chi connectivity index (χ2n) is 5.62. The highest BCUT2D eigenvalue weighted by Crippen LogP contribution is 2.14. The number of rotatable bonds is 4. The summed E-state index contributed by atoms with van der Waals surface area (Å²) < 4.78 is 2.14. The minimum Gasteiger partial charge on any atom is -0.350 e. The first kappa shape index (κ1) is 15.7. The molecule has 0 fully saturated rings. The predicted molar refractivity (Wildman–Crippen MR) is 86.2 cm³/mol. The number of nitrogens with one attached hydrogen (secondary N) is 1. The van der Waals surface area contributed by atoms with Crippen LogP contribution in [-0.2, 0) is 11.3 Å². The summed E-state index contributed by atoms with van der Waals surface area (Å²) in [6.07, 6.45) is 2.23. The highest BCUT2D eigenvalue weighted by molar-refractivity contribution is 9.10. The van der Waals surface area contributed by atoms with Crippen molar-refractivity contribution in [1.82, 2.24) is 14.9 Å². The van der Waals surface area contributed by atoms with Gasteiger partial charge in [-0.1, -0.05) is 22.9 Å². The molecule has 1 aromatic heterocycles. The number of halogens is 1. The van der Waals surface area contributed by atoms with Crippen LogP contribution >= 0.6 is 15.9 Å². The average Bonchev–Trinajstić information content (AvgIpc) is 2.42. The van der Waals surface area contributed by atoms with Gasteiger partial charge in [-0.15, -0.1) is 0 Å². The Kier molecular flexibility index (Phi) is 4.46. The maximum Gasteiger partial charge on any atom is 0.261 e. The number of hydrogen-bond acceptors (Lipinski definition) is 3. The Bertz CT molecular complexity index is 737. The minimum atomic E-state index is -0.284. The zero-order valence-corrected chi connectivity index (χ0v) is 13.9. The van der Waals surface area contributed by atoms with Gasteiger partial charge in [-0.05, 0) is 38.5 Å². The monoisotopic (exact) mass is 351 g/mol. The van der Waals surface area contributed by atoms with Crippen molar-refractivity contribution in [2.45, 2.75) is 39.3 Å². The van der Waals surface area contributed by atoms with Crippen molar-refractivity contribution in [1.29, 1.82) is 0 Å². The molecule has 0 aliphatic carbocycles. The maximum atomic E-state index is 12.4. The second-order valence-corrected chi connectivity index (χ2v) is 6.54. The van der Waals surface area contributed by atoms with Crippen molar-refractivity contribution in [2.24, 2.45) is 0 Å². The van der Waals surface area contributed by atoms with Crippen molar-refractivity contribution in [3.63, 3.8) is 0 Å². The molecule has 0 saturated heterocycles. The Hall–Kier alpha value is -1.69. The fourth-order valence-corrected chi connectivity index (χ4v) is 2.26. The fourth-order valence-electron chi connectivity index (χ4n) is 1.90. The lowest BCUT2D eigenvalue weighted by Crippen LogP contribution is -2.45. The average molecular weight is 352 g/mol. The number of carbonyl (C=O) groups is 1. The summed E-state index contributed by atoms with van der Waals surface area (Å²) in [6, 6.07) is 5.32. The lowest BCUT2D eigenvalue weighted by molar-refractivity contribution is -0.123. The van der Waals surface area contributed by atoms with Crippen molar-refractivity contribution in [2.75, 3.05) is 0 Å². The Morgan fingerprint density at radius 2 is 2.14 bits per heavy atom. The molecule has 1 N–H and O–H groups in total. The van der Waals surface area contributed by atoms with Gasteiger partial charge in [0.05, 0.1) is 17.2 Å². The minimum absolute atomic E-state index is 0.0300. The highest BCUT2D eigenvalue weighted by Gasteiger charge is 2.18. The molecular weight excluding hydrogens is 334 g/mol. The van der Waals surface area contributed by atoms with Crippen LogP contribution in [0, 0.1) is 0 Å². The summed E-state index contributed by atoms with van der Waals surface area (Å²) in [5.74, 6) is -0.194. The molecule has 21 heavy (non-hydrogen) atoms. The molecular formula is C15H18BrN3O2. The topological polar surface area (TPSA) is 64.0 Å². The van der Waals surface area contributed by atoms with Gasteiger partial charge in [0.15, 0.2) is 0 Å².